The quantitative estimate of drug-likeness (QED) is 0.657. The van der Waals surface area contributed by atoms with Crippen LogP contribution >= 0.6 is 0 Å². The van der Waals surface area contributed by atoms with Crippen molar-refractivity contribution in [1.82, 2.24) is 5.32 Å². The van der Waals surface area contributed by atoms with Crippen molar-refractivity contribution in [3.63, 3.8) is 0 Å². The number of ether oxygens (including phenoxy) is 4. The molecule has 1 amide bonds. The van der Waals surface area contributed by atoms with Crippen LogP contribution in [-0.2, 0) is 17.8 Å². The number of amides is 1. The normalized spacial score (nSPS) is 14.7. The van der Waals surface area contributed by atoms with Gasteiger partial charge in [-0.05, 0) is 44.5 Å². The summed E-state index contributed by atoms with van der Waals surface area (Å²) in [7, 11) is 0. The lowest BCUT2D eigenvalue weighted by atomic mass is 10.1. The average molecular weight is 399 g/mol. The van der Waals surface area contributed by atoms with Crippen molar-refractivity contribution in [2.75, 3.05) is 19.8 Å². The van der Waals surface area contributed by atoms with Gasteiger partial charge in [0.1, 0.15) is 17.6 Å². The molecule has 0 fully saturated rings. The van der Waals surface area contributed by atoms with Gasteiger partial charge in [0.2, 0.25) is 0 Å². The predicted octanol–water partition coefficient (Wildman–Crippen LogP) is 3.89. The first-order valence-electron chi connectivity index (χ1n) is 10.2. The van der Waals surface area contributed by atoms with Gasteiger partial charge in [-0.2, -0.15) is 0 Å². The summed E-state index contributed by atoms with van der Waals surface area (Å²) in [5.41, 5.74) is 2.03. The summed E-state index contributed by atoms with van der Waals surface area (Å²) in [6, 6.07) is 11.3. The van der Waals surface area contributed by atoms with Crippen molar-refractivity contribution < 1.29 is 23.7 Å². The molecule has 0 aromatic heterocycles. The molecule has 1 atom stereocenters. The Balaban J connectivity index is 1.58. The van der Waals surface area contributed by atoms with Gasteiger partial charge in [0, 0.05) is 24.1 Å². The van der Waals surface area contributed by atoms with Crippen molar-refractivity contribution >= 4 is 5.91 Å². The molecule has 2 aromatic rings. The van der Waals surface area contributed by atoms with Crippen LogP contribution in [0.4, 0.5) is 0 Å². The van der Waals surface area contributed by atoms with Gasteiger partial charge in [-0.1, -0.05) is 19.1 Å². The number of carbonyl (C=O) groups is 1. The molecule has 0 spiro atoms. The third-order valence-electron chi connectivity index (χ3n) is 4.52. The van der Waals surface area contributed by atoms with E-state index in [0.717, 1.165) is 35.5 Å². The van der Waals surface area contributed by atoms with Crippen LogP contribution in [0, 0.1) is 0 Å². The minimum absolute atomic E-state index is 0.0884. The molecule has 156 valence electrons. The van der Waals surface area contributed by atoms with E-state index in [4.69, 9.17) is 18.9 Å². The number of fused-ring (bicyclic) bond motifs is 1. The maximum Gasteiger partial charge on any atom is 0.258 e. The summed E-state index contributed by atoms with van der Waals surface area (Å²) in [4.78, 5) is 12.3. The molecular formula is C23H29NO5. The Morgan fingerprint density at radius 2 is 1.86 bits per heavy atom. The Morgan fingerprint density at radius 3 is 2.59 bits per heavy atom. The maximum atomic E-state index is 12.3. The van der Waals surface area contributed by atoms with E-state index in [1.165, 1.54) is 0 Å². The van der Waals surface area contributed by atoms with Gasteiger partial charge in [0.25, 0.3) is 5.91 Å². The first-order chi connectivity index (χ1) is 14.1. The topological polar surface area (TPSA) is 66.0 Å². The molecule has 0 saturated carbocycles. The highest BCUT2D eigenvalue weighted by Gasteiger charge is 2.22. The summed E-state index contributed by atoms with van der Waals surface area (Å²) in [5, 5.41) is 2.89. The zero-order valence-corrected chi connectivity index (χ0v) is 17.3. The standard InChI is InChI=1S/C23H29NO5/c1-4-10-27-19-8-6-7-9-20(19)28-15-23(25)24-14-18-13-22-17(11-16(3)29-22)12-21(18)26-5-2/h6-9,12-13,16H,4-5,10-11,14-15H2,1-3H3,(H,24,25)/t16-/m0/s1. The Bertz CT molecular complexity index is 836. The van der Waals surface area contributed by atoms with Gasteiger partial charge in [-0.25, -0.2) is 0 Å². The SMILES string of the molecule is CCCOc1ccccc1OCC(=O)NCc1cc2c(cc1OCC)C[C@H](C)O2. The largest absolute Gasteiger partial charge is 0.494 e. The van der Waals surface area contributed by atoms with Crippen LogP contribution in [0.1, 0.15) is 38.3 Å². The molecule has 0 radical (unpaired) electrons. The number of nitrogens with one attached hydrogen (secondary N) is 1. The summed E-state index contributed by atoms with van der Waals surface area (Å²) >= 11 is 0. The molecule has 1 heterocycles. The van der Waals surface area contributed by atoms with Gasteiger partial charge in [0.15, 0.2) is 18.1 Å². The molecule has 0 saturated heterocycles. The van der Waals surface area contributed by atoms with Gasteiger partial charge in [-0.15, -0.1) is 0 Å². The minimum Gasteiger partial charge on any atom is -0.494 e. The van der Waals surface area contributed by atoms with Gasteiger partial charge in [-0.3, -0.25) is 4.79 Å². The molecular weight excluding hydrogens is 370 g/mol. The van der Waals surface area contributed by atoms with Crippen molar-refractivity contribution in [2.45, 2.75) is 46.3 Å². The van der Waals surface area contributed by atoms with E-state index in [2.05, 4.69) is 5.32 Å². The second-order valence-corrected chi connectivity index (χ2v) is 6.99. The lowest BCUT2D eigenvalue weighted by Gasteiger charge is -2.14. The van der Waals surface area contributed by atoms with Crippen molar-refractivity contribution in [3.8, 4) is 23.0 Å². The Kier molecular flexibility index (Phi) is 7.22. The highest BCUT2D eigenvalue weighted by molar-refractivity contribution is 5.77. The molecule has 1 N–H and O–H groups in total. The average Bonchev–Trinajstić information content (AvgIpc) is 3.08. The fourth-order valence-corrected chi connectivity index (χ4v) is 3.20. The van der Waals surface area contributed by atoms with E-state index >= 15 is 0 Å². The van der Waals surface area contributed by atoms with Crippen LogP contribution in [0.25, 0.3) is 0 Å². The van der Waals surface area contributed by atoms with Gasteiger partial charge in [0.05, 0.1) is 13.2 Å². The summed E-state index contributed by atoms with van der Waals surface area (Å²) < 4.78 is 22.9. The third-order valence-corrected chi connectivity index (χ3v) is 4.52. The number of benzene rings is 2. The number of hydrogen-bond acceptors (Lipinski definition) is 5. The number of rotatable bonds is 10. The molecule has 0 aliphatic carbocycles. The third kappa shape index (κ3) is 5.56. The van der Waals surface area contributed by atoms with Crippen LogP contribution in [0.3, 0.4) is 0 Å². The van der Waals surface area contributed by atoms with Crippen LogP contribution in [0.2, 0.25) is 0 Å². The zero-order chi connectivity index (χ0) is 20.6. The smallest absolute Gasteiger partial charge is 0.258 e. The van der Waals surface area contributed by atoms with E-state index in [9.17, 15) is 4.79 Å². The predicted molar refractivity (Wildman–Crippen MR) is 111 cm³/mol. The maximum absolute atomic E-state index is 12.3. The van der Waals surface area contributed by atoms with E-state index in [1.54, 1.807) is 6.07 Å². The Labute approximate surface area is 172 Å². The van der Waals surface area contributed by atoms with Crippen molar-refractivity contribution in [1.29, 1.82) is 0 Å². The van der Waals surface area contributed by atoms with E-state index in [0.29, 0.717) is 31.3 Å². The van der Waals surface area contributed by atoms with Crippen LogP contribution < -0.4 is 24.3 Å². The number of hydrogen-bond donors (Lipinski definition) is 1. The molecule has 2 aromatic carbocycles. The monoisotopic (exact) mass is 399 g/mol. The second-order valence-electron chi connectivity index (χ2n) is 6.99. The van der Waals surface area contributed by atoms with Crippen molar-refractivity contribution in [2.24, 2.45) is 0 Å². The molecule has 1 aliphatic rings. The fraction of sp³-hybridized carbons (Fsp3) is 0.435. The second kappa shape index (κ2) is 10.0. The first kappa shape index (κ1) is 20.8. The molecule has 0 unspecified atom stereocenters. The summed E-state index contributed by atoms with van der Waals surface area (Å²) in [6.45, 7) is 7.45. The highest BCUT2D eigenvalue weighted by atomic mass is 16.5. The lowest BCUT2D eigenvalue weighted by Crippen LogP contribution is -2.28. The first-order valence-corrected chi connectivity index (χ1v) is 10.2. The van der Waals surface area contributed by atoms with Gasteiger partial charge < -0.3 is 24.3 Å². The zero-order valence-electron chi connectivity index (χ0n) is 17.3. The number of para-hydroxylation sites is 2. The van der Waals surface area contributed by atoms with Crippen LogP contribution in [0.15, 0.2) is 36.4 Å². The molecule has 3 rings (SSSR count). The molecule has 6 heteroatoms. The van der Waals surface area contributed by atoms with Crippen LogP contribution in [-0.4, -0.2) is 31.8 Å². The molecule has 29 heavy (non-hydrogen) atoms. The number of carbonyl (C=O) groups excluding carboxylic acids is 1. The van der Waals surface area contributed by atoms with E-state index in [-0.39, 0.29) is 18.6 Å². The van der Waals surface area contributed by atoms with Crippen molar-refractivity contribution in [3.05, 3.63) is 47.5 Å². The summed E-state index contributed by atoms with van der Waals surface area (Å²) in [6.07, 6.45) is 1.93. The lowest BCUT2D eigenvalue weighted by molar-refractivity contribution is -0.123. The molecule has 6 nitrogen and oxygen atoms in total. The molecule has 0 bridgehead atoms. The Morgan fingerprint density at radius 1 is 1.10 bits per heavy atom. The highest BCUT2D eigenvalue weighted by Crippen LogP contribution is 2.35. The minimum atomic E-state index is -0.215. The fourth-order valence-electron chi connectivity index (χ4n) is 3.20. The van der Waals surface area contributed by atoms with Crippen LogP contribution in [0.5, 0.6) is 23.0 Å². The van der Waals surface area contributed by atoms with E-state index in [1.807, 2.05) is 51.1 Å². The van der Waals surface area contributed by atoms with Gasteiger partial charge >= 0.3 is 0 Å². The Hall–Kier alpha value is -2.89. The van der Waals surface area contributed by atoms with E-state index < -0.39 is 0 Å². The summed E-state index contributed by atoms with van der Waals surface area (Å²) in [5.74, 6) is 2.64. The molecule has 1 aliphatic heterocycles.